The van der Waals surface area contributed by atoms with Crippen molar-refractivity contribution in [2.75, 3.05) is 6.54 Å². The van der Waals surface area contributed by atoms with Gasteiger partial charge in [0.2, 0.25) is 0 Å². The molecule has 0 atom stereocenters. The maximum atomic E-state index is 5.85. The molecular weight excluding hydrogens is 266 g/mol. The quantitative estimate of drug-likeness (QED) is 0.885. The summed E-state index contributed by atoms with van der Waals surface area (Å²) >= 11 is 0. The van der Waals surface area contributed by atoms with Crippen LogP contribution in [0.4, 0.5) is 0 Å². The fourth-order valence-corrected chi connectivity index (χ4v) is 2.27. The van der Waals surface area contributed by atoms with E-state index in [9.17, 15) is 0 Å². The highest BCUT2D eigenvalue weighted by molar-refractivity contribution is 5.43. The predicted octanol–water partition coefficient (Wildman–Crippen LogP) is 2.89. The van der Waals surface area contributed by atoms with Crippen molar-refractivity contribution in [1.82, 2.24) is 10.1 Å². The standard InChI is InChI=1S/C16H23N3O2/c1-10(2)16-18-14(21-19-16)9-20-15-11(3)7-13(5-6-17)8-12(15)4/h7-8,10H,5-6,9,17H2,1-4H3. The highest BCUT2D eigenvalue weighted by Gasteiger charge is 2.12. The molecule has 2 N–H and O–H groups in total. The van der Waals surface area contributed by atoms with Crippen LogP contribution in [-0.2, 0) is 13.0 Å². The second kappa shape index (κ2) is 6.72. The third kappa shape index (κ3) is 3.82. The number of hydrogen-bond acceptors (Lipinski definition) is 5. The summed E-state index contributed by atoms with van der Waals surface area (Å²) in [4.78, 5) is 4.31. The lowest BCUT2D eigenvalue weighted by Crippen LogP contribution is -2.05. The molecule has 5 heteroatoms. The van der Waals surface area contributed by atoms with Crippen molar-refractivity contribution >= 4 is 0 Å². The molecule has 0 saturated carbocycles. The summed E-state index contributed by atoms with van der Waals surface area (Å²) in [5.41, 5.74) is 9.04. The lowest BCUT2D eigenvalue weighted by atomic mass is 10.0. The first-order chi connectivity index (χ1) is 10.0. The summed E-state index contributed by atoms with van der Waals surface area (Å²) < 4.78 is 11.0. The monoisotopic (exact) mass is 289 g/mol. The Morgan fingerprint density at radius 3 is 2.43 bits per heavy atom. The SMILES string of the molecule is Cc1cc(CCN)cc(C)c1OCc1nc(C(C)C)no1. The molecule has 1 heterocycles. The molecule has 1 aromatic heterocycles. The average Bonchev–Trinajstić information content (AvgIpc) is 2.87. The first-order valence-electron chi connectivity index (χ1n) is 7.26. The number of nitrogens with zero attached hydrogens (tertiary/aromatic N) is 2. The zero-order valence-corrected chi connectivity index (χ0v) is 13.1. The van der Waals surface area contributed by atoms with Crippen LogP contribution < -0.4 is 10.5 Å². The summed E-state index contributed by atoms with van der Waals surface area (Å²) in [5.74, 6) is 2.34. The van der Waals surface area contributed by atoms with Gasteiger partial charge in [-0.15, -0.1) is 0 Å². The lowest BCUT2D eigenvalue weighted by molar-refractivity contribution is 0.240. The van der Waals surface area contributed by atoms with Gasteiger partial charge in [-0.2, -0.15) is 4.98 Å². The minimum absolute atomic E-state index is 0.251. The molecule has 0 fully saturated rings. The van der Waals surface area contributed by atoms with Crippen molar-refractivity contribution in [3.63, 3.8) is 0 Å². The van der Waals surface area contributed by atoms with Crippen LogP contribution in [0, 0.1) is 13.8 Å². The Morgan fingerprint density at radius 1 is 1.24 bits per heavy atom. The summed E-state index contributed by atoms with van der Waals surface area (Å²) in [7, 11) is 0. The highest BCUT2D eigenvalue weighted by atomic mass is 16.5. The van der Waals surface area contributed by atoms with Gasteiger partial charge in [0.15, 0.2) is 12.4 Å². The molecule has 5 nitrogen and oxygen atoms in total. The molecule has 0 aliphatic heterocycles. The number of ether oxygens (including phenoxy) is 1. The van der Waals surface area contributed by atoms with Crippen LogP contribution in [0.3, 0.4) is 0 Å². The summed E-state index contributed by atoms with van der Waals surface area (Å²) in [6.45, 7) is 9.07. The van der Waals surface area contributed by atoms with Crippen LogP contribution in [0.5, 0.6) is 5.75 Å². The van der Waals surface area contributed by atoms with E-state index in [0.717, 1.165) is 23.3 Å². The van der Waals surface area contributed by atoms with Gasteiger partial charge in [0.1, 0.15) is 5.75 Å². The van der Waals surface area contributed by atoms with E-state index in [1.54, 1.807) is 0 Å². The Kier molecular flexibility index (Phi) is 4.96. The van der Waals surface area contributed by atoms with Gasteiger partial charge in [-0.3, -0.25) is 0 Å². The van der Waals surface area contributed by atoms with Gasteiger partial charge < -0.3 is 15.0 Å². The van der Waals surface area contributed by atoms with Crippen LogP contribution in [0.1, 0.15) is 48.2 Å². The third-order valence-electron chi connectivity index (χ3n) is 3.29. The molecule has 0 amide bonds. The third-order valence-corrected chi connectivity index (χ3v) is 3.29. The average molecular weight is 289 g/mol. The lowest BCUT2D eigenvalue weighted by Gasteiger charge is -2.12. The van der Waals surface area contributed by atoms with Crippen molar-refractivity contribution in [1.29, 1.82) is 0 Å². The van der Waals surface area contributed by atoms with Gasteiger partial charge in [0.05, 0.1) is 0 Å². The molecule has 1 aromatic carbocycles. The van der Waals surface area contributed by atoms with Crippen LogP contribution in [0.2, 0.25) is 0 Å². The van der Waals surface area contributed by atoms with Gasteiger partial charge in [0, 0.05) is 5.92 Å². The van der Waals surface area contributed by atoms with Crippen LogP contribution in [0.15, 0.2) is 16.7 Å². The van der Waals surface area contributed by atoms with E-state index >= 15 is 0 Å². The number of nitrogens with two attached hydrogens (primary N) is 1. The van der Waals surface area contributed by atoms with Gasteiger partial charge in [-0.25, -0.2) is 0 Å². The molecule has 0 radical (unpaired) electrons. The Morgan fingerprint density at radius 2 is 1.90 bits per heavy atom. The molecule has 21 heavy (non-hydrogen) atoms. The van der Waals surface area contributed by atoms with Crippen molar-refractivity contribution < 1.29 is 9.26 Å². The molecule has 0 unspecified atom stereocenters. The topological polar surface area (TPSA) is 74.2 Å². The van der Waals surface area contributed by atoms with Gasteiger partial charge >= 0.3 is 0 Å². The molecular formula is C16H23N3O2. The summed E-state index contributed by atoms with van der Waals surface area (Å²) in [6, 6.07) is 4.23. The minimum atomic E-state index is 0.251. The molecule has 0 aliphatic rings. The van der Waals surface area contributed by atoms with E-state index in [1.807, 2.05) is 27.7 Å². The summed E-state index contributed by atoms with van der Waals surface area (Å²) in [5, 5.41) is 3.93. The minimum Gasteiger partial charge on any atom is -0.483 e. The Hall–Kier alpha value is -1.88. The number of rotatable bonds is 6. The normalized spacial score (nSPS) is 11.1. The predicted molar refractivity (Wildman–Crippen MR) is 81.4 cm³/mol. The smallest absolute Gasteiger partial charge is 0.264 e. The Bertz CT molecular complexity index is 582. The largest absolute Gasteiger partial charge is 0.483 e. The zero-order chi connectivity index (χ0) is 15.4. The van der Waals surface area contributed by atoms with Crippen molar-refractivity contribution in [2.24, 2.45) is 5.73 Å². The molecule has 0 aliphatic carbocycles. The second-order valence-corrected chi connectivity index (χ2v) is 5.59. The van der Waals surface area contributed by atoms with E-state index in [4.69, 9.17) is 15.0 Å². The Balaban J connectivity index is 2.08. The van der Waals surface area contributed by atoms with Crippen molar-refractivity contribution in [3.05, 3.63) is 40.5 Å². The van der Waals surface area contributed by atoms with Crippen LogP contribution in [-0.4, -0.2) is 16.7 Å². The van der Waals surface area contributed by atoms with E-state index in [0.29, 0.717) is 18.3 Å². The van der Waals surface area contributed by atoms with E-state index in [1.165, 1.54) is 5.56 Å². The van der Waals surface area contributed by atoms with Gasteiger partial charge in [-0.05, 0) is 43.5 Å². The fourth-order valence-electron chi connectivity index (χ4n) is 2.27. The first-order valence-corrected chi connectivity index (χ1v) is 7.26. The number of aryl methyl sites for hydroxylation is 2. The Labute approximate surface area is 125 Å². The van der Waals surface area contributed by atoms with Crippen molar-refractivity contribution in [2.45, 2.75) is 46.6 Å². The molecule has 0 saturated heterocycles. The molecule has 0 bridgehead atoms. The van der Waals surface area contributed by atoms with E-state index < -0.39 is 0 Å². The molecule has 114 valence electrons. The number of benzene rings is 1. The zero-order valence-electron chi connectivity index (χ0n) is 13.1. The van der Waals surface area contributed by atoms with E-state index in [2.05, 4.69) is 22.3 Å². The number of aromatic nitrogens is 2. The summed E-state index contributed by atoms with van der Waals surface area (Å²) in [6.07, 6.45) is 0.878. The van der Waals surface area contributed by atoms with Gasteiger partial charge in [-0.1, -0.05) is 31.1 Å². The maximum absolute atomic E-state index is 5.85. The van der Waals surface area contributed by atoms with Crippen LogP contribution >= 0.6 is 0 Å². The highest BCUT2D eigenvalue weighted by Crippen LogP contribution is 2.26. The van der Waals surface area contributed by atoms with Crippen molar-refractivity contribution in [3.8, 4) is 5.75 Å². The first kappa shape index (κ1) is 15.5. The van der Waals surface area contributed by atoms with Gasteiger partial charge in [0.25, 0.3) is 5.89 Å². The molecule has 2 rings (SSSR count). The van der Waals surface area contributed by atoms with Crippen LogP contribution in [0.25, 0.3) is 0 Å². The van der Waals surface area contributed by atoms with E-state index in [-0.39, 0.29) is 12.5 Å². The molecule has 0 spiro atoms. The maximum Gasteiger partial charge on any atom is 0.264 e. The fraction of sp³-hybridized carbons (Fsp3) is 0.500. The second-order valence-electron chi connectivity index (χ2n) is 5.59. The molecule has 2 aromatic rings. The number of hydrogen-bond donors (Lipinski definition) is 1.